The molecule has 1 unspecified atom stereocenters. The Hall–Kier alpha value is -1.07. The van der Waals surface area contributed by atoms with Gasteiger partial charge in [0.25, 0.3) is 0 Å². The fraction of sp³-hybridized carbons (Fsp3) is 0.667. The van der Waals surface area contributed by atoms with Gasteiger partial charge in [-0.15, -0.1) is 12.4 Å². The van der Waals surface area contributed by atoms with Gasteiger partial charge in [-0.2, -0.15) is 5.10 Å². The number of carbonyl (C=O) groups excluding carboxylic acids is 1. The fourth-order valence-electron chi connectivity index (χ4n) is 2.91. The van der Waals surface area contributed by atoms with Crippen LogP contribution in [-0.4, -0.2) is 28.8 Å². The Kier molecular flexibility index (Phi) is 3.64. The third-order valence-electron chi connectivity index (χ3n) is 4.08. The van der Waals surface area contributed by atoms with Crippen LogP contribution in [0.1, 0.15) is 19.3 Å². The molecule has 0 bridgehead atoms. The fourth-order valence-corrected chi connectivity index (χ4v) is 2.91. The van der Waals surface area contributed by atoms with Crippen molar-refractivity contribution in [2.75, 3.05) is 18.4 Å². The molecule has 1 aliphatic carbocycles. The molecule has 100 valence electrons. The number of carbonyl (C=O) groups is 1. The van der Waals surface area contributed by atoms with Crippen LogP contribution >= 0.6 is 12.4 Å². The van der Waals surface area contributed by atoms with Crippen molar-refractivity contribution in [2.45, 2.75) is 19.3 Å². The standard InChI is InChI=1S/C12H18N4O.ClH/c1-16-8-9(7-14-16)15-11(17)10-6-12(10)2-4-13-5-3-12;/h7-8,10,13H,2-6H2,1H3,(H,15,17);1H. The summed E-state index contributed by atoms with van der Waals surface area (Å²) in [5.74, 6) is 0.379. The van der Waals surface area contributed by atoms with Crippen LogP contribution in [0.25, 0.3) is 0 Å². The Morgan fingerprint density at radius 1 is 1.56 bits per heavy atom. The molecule has 1 saturated carbocycles. The number of amides is 1. The molecule has 1 aromatic heterocycles. The normalized spacial score (nSPS) is 24.4. The van der Waals surface area contributed by atoms with Crippen molar-refractivity contribution in [3.8, 4) is 0 Å². The van der Waals surface area contributed by atoms with Crippen LogP contribution in [0.3, 0.4) is 0 Å². The predicted octanol–water partition coefficient (Wildman–Crippen LogP) is 1.17. The van der Waals surface area contributed by atoms with Gasteiger partial charge in [0.1, 0.15) is 0 Å². The van der Waals surface area contributed by atoms with Crippen molar-refractivity contribution < 1.29 is 4.79 Å². The van der Waals surface area contributed by atoms with E-state index in [9.17, 15) is 4.79 Å². The second-order valence-corrected chi connectivity index (χ2v) is 5.26. The zero-order chi connectivity index (χ0) is 11.9. The molecule has 0 radical (unpaired) electrons. The van der Waals surface area contributed by atoms with E-state index >= 15 is 0 Å². The van der Waals surface area contributed by atoms with Crippen molar-refractivity contribution >= 4 is 24.0 Å². The molecule has 1 atom stereocenters. The maximum absolute atomic E-state index is 12.1. The molecule has 1 amide bonds. The summed E-state index contributed by atoms with van der Waals surface area (Å²) in [6.07, 6.45) is 6.85. The van der Waals surface area contributed by atoms with Crippen molar-refractivity contribution in [3.63, 3.8) is 0 Å². The number of piperidine rings is 1. The third kappa shape index (κ3) is 2.37. The highest BCUT2D eigenvalue weighted by Gasteiger charge is 2.57. The summed E-state index contributed by atoms with van der Waals surface area (Å²) in [7, 11) is 1.85. The Balaban J connectivity index is 0.00000120. The summed E-state index contributed by atoms with van der Waals surface area (Å²) in [6.45, 7) is 2.10. The average Bonchev–Trinajstić information content (AvgIpc) is 2.85. The lowest BCUT2D eigenvalue weighted by Gasteiger charge is -2.23. The summed E-state index contributed by atoms with van der Waals surface area (Å²) in [5, 5.41) is 10.3. The SMILES string of the molecule is Cl.Cn1cc(NC(=O)C2CC23CCNCC3)cn1. The van der Waals surface area contributed by atoms with Gasteiger partial charge in [-0.05, 0) is 37.8 Å². The summed E-state index contributed by atoms with van der Waals surface area (Å²) in [4.78, 5) is 12.1. The molecule has 2 aliphatic rings. The number of aryl methyl sites for hydroxylation is 1. The van der Waals surface area contributed by atoms with Gasteiger partial charge in [0.15, 0.2) is 0 Å². The van der Waals surface area contributed by atoms with E-state index in [1.807, 2.05) is 13.2 Å². The van der Waals surface area contributed by atoms with Crippen LogP contribution in [0.4, 0.5) is 5.69 Å². The highest BCUT2D eigenvalue weighted by Crippen LogP contribution is 2.58. The molecule has 2 fully saturated rings. The van der Waals surface area contributed by atoms with Crippen LogP contribution in [0, 0.1) is 11.3 Å². The molecule has 5 nitrogen and oxygen atoms in total. The molecule has 0 aromatic carbocycles. The van der Waals surface area contributed by atoms with E-state index < -0.39 is 0 Å². The monoisotopic (exact) mass is 270 g/mol. The predicted molar refractivity (Wildman–Crippen MR) is 71.7 cm³/mol. The summed E-state index contributed by atoms with van der Waals surface area (Å²) in [6, 6.07) is 0. The van der Waals surface area contributed by atoms with Gasteiger partial charge in [-0.25, -0.2) is 0 Å². The lowest BCUT2D eigenvalue weighted by atomic mass is 9.92. The van der Waals surface area contributed by atoms with Gasteiger partial charge >= 0.3 is 0 Å². The molecule has 3 rings (SSSR count). The summed E-state index contributed by atoms with van der Waals surface area (Å²) < 4.78 is 1.70. The van der Waals surface area contributed by atoms with E-state index in [4.69, 9.17) is 0 Å². The average molecular weight is 271 g/mol. The minimum absolute atomic E-state index is 0. The minimum atomic E-state index is 0. The molecule has 1 aromatic rings. The lowest BCUT2D eigenvalue weighted by molar-refractivity contribution is -0.118. The smallest absolute Gasteiger partial charge is 0.228 e. The molecule has 2 heterocycles. The molecule has 1 saturated heterocycles. The summed E-state index contributed by atoms with van der Waals surface area (Å²) >= 11 is 0. The summed E-state index contributed by atoms with van der Waals surface area (Å²) in [5.41, 5.74) is 1.10. The van der Waals surface area contributed by atoms with Crippen LogP contribution in [0.2, 0.25) is 0 Å². The minimum Gasteiger partial charge on any atom is -0.323 e. The van der Waals surface area contributed by atoms with E-state index in [-0.39, 0.29) is 24.2 Å². The molecular weight excluding hydrogens is 252 g/mol. The highest BCUT2D eigenvalue weighted by molar-refractivity contribution is 5.94. The molecule has 18 heavy (non-hydrogen) atoms. The largest absolute Gasteiger partial charge is 0.323 e. The molecule has 1 aliphatic heterocycles. The quantitative estimate of drug-likeness (QED) is 0.848. The van der Waals surface area contributed by atoms with Crippen LogP contribution < -0.4 is 10.6 Å². The van der Waals surface area contributed by atoms with Gasteiger partial charge in [-0.1, -0.05) is 0 Å². The van der Waals surface area contributed by atoms with Gasteiger partial charge in [0, 0.05) is 19.2 Å². The van der Waals surface area contributed by atoms with Crippen LogP contribution in [-0.2, 0) is 11.8 Å². The van der Waals surface area contributed by atoms with Gasteiger partial charge in [0.2, 0.25) is 5.91 Å². The number of hydrogen-bond donors (Lipinski definition) is 2. The Bertz CT molecular complexity index is 439. The van der Waals surface area contributed by atoms with Crippen molar-refractivity contribution in [1.82, 2.24) is 15.1 Å². The van der Waals surface area contributed by atoms with E-state index in [1.54, 1.807) is 10.9 Å². The Morgan fingerprint density at radius 2 is 2.28 bits per heavy atom. The van der Waals surface area contributed by atoms with Crippen molar-refractivity contribution in [1.29, 1.82) is 0 Å². The maximum atomic E-state index is 12.1. The molecule has 6 heteroatoms. The second-order valence-electron chi connectivity index (χ2n) is 5.26. The Labute approximate surface area is 113 Å². The number of hydrogen-bond acceptors (Lipinski definition) is 3. The van der Waals surface area contributed by atoms with Crippen LogP contribution in [0.5, 0.6) is 0 Å². The van der Waals surface area contributed by atoms with Gasteiger partial charge in [-0.3, -0.25) is 9.48 Å². The van der Waals surface area contributed by atoms with Crippen LogP contribution in [0.15, 0.2) is 12.4 Å². The lowest BCUT2D eigenvalue weighted by Crippen LogP contribution is -2.31. The molecule has 2 N–H and O–H groups in total. The number of nitrogens with one attached hydrogen (secondary N) is 2. The number of anilines is 1. The second kappa shape index (κ2) is 4.90. The van der Waals surface area contributed by atoms with Gasteiger partial charge in [0.05, 0.1) is 11.9 Å². The topological polar surface area (TPSA) is 59.0 Å². The highest BCUT2D eigenvalue weighted by atomic mass is 35.5. The first-order valence-electron chi connectivity index (χ1n) is 6.20. The van der Waals surface area contributed by atoms with E-state index in [2.05, 4.69) is 15.7 Å². The number of rotatable bonds is 2. The number of halogens is 1. The third-order valence-corrected chi connectivity index (χ3v) is 4.08. The first-order valence-corrected chi connectivity index (χ1v) is 6.20. The Morgan fingerprint density at radius 3 is 2.89 bits per heavy atom. The van der Waals surface area contributed by atoms with E-state index in [1.165, 1.54) is 0 Å². The maximum Gasteiger partial charge on any atom is 0.228 e. The zero-order valence-corrected chi connectivity index (χ0v) is 11.3. The van der Waals surface area contributed by atoms with Gasteiger partial charge < -0.3 is 10.6 Å². The van der Waals surface area contributed by atoms with Crippen molar-refractivity contribution in [2.24, 2.45) is 18.4 Å². The molecule has 1 spiro atoms. The van der Waals surface area contributed by atoms with E-state index in [0.29, 0.717) is 5.41 Å². The van der Waals surface area contributed by atoms with E-state index in [0.717, 1.165) is 38.0 Å². The number of aromatic nitrogens is 2. The molecular formula is C12H19ClN4O. The number of nitrogens with zero attached hydrogens (tertiary/aromatic N) is 2. The zero-order valence-electron chi connectivity index (χ0n) is 10.5. The first-order chi connectivity index (χ1) is 8.20. The first kappa shape index (κ1) is 13.4. The van der Waals surface area contributed by atoms with Crippen molar-refractivity contribution in [3.05, 3.63) is 12.4 Å².